The van der Waals surface area contributed by atoms with Gasteiger partial charge in [-0.2, -0.15) is 0 Å². The van der Waals surface area contributed by atoms with Crippen molar-refractivity contribution in [1.29, 1.82) is 0 Å². The molecule has 0 bridgehead atoms. The fourth-order valence-electron chi connectivity index (χ4n) is 2.98. The van der Waals surface area contributed by atoms with Crippen LogP contribution < -0.4 is 10.6 Å². The van der Waals surface area contributed by atoms with Gasteiger partial charge in [-0.3, -0.25) is 9.59 Å². The largest absolute Gasteiger partial charge is 0.355 e. The predicted octanol–water partition coefficient (Wildman–Crippen LogP) is 5.15. The minimum atomic E-state index is -0.298. The van der Waals surface area contributed by atoms with Gasteiger partial charge in [-0.25, -0.2) is 4.98 Å². The zero-order valence-electron chi connectivity index (χ0n) is 15.8. The molecule has 4 aromatic rings. The van der Waals surface area contributed by atoms with Gasteiger partial charge in [0.2, 0.25) is 0 Å². The Morgan fingerprint density at radius 1 is 0.867 bits per heavy atom. The van der Waals surface area contributed by atoms with Crippen LogP contribution in [0.2, 0.25) is 10.0 Å². The second kappa shape index (κ2) is 8.18. The number of hydrogen-bond acceptors (Lipinski definition) is 3. The third kappa shape index (κ3) is 4.01. The number of halogens is 2. The number of carbonyl (C=O) groups is 2. The van der Waals surface area contributed by atoms with E-state index in [1.54, 1.807) is 43.4 Å². The van der Waals surface area contributed by atoms with E-state index in [1.165, 1.54) is 6.07 Å². The van der Waals surface area contributed by atoms with E-state index in [4.69, 9.17) is 23.2 Å². The van der Waals surface area contributed by atoms with Crippen molar-refractivity contribution in [3.8, 4) is 11.4 Å². The Morgan fingerprint density at radius 3 is 2.30 bits per heavy atom. The molecule has 0 aliphatic carbocycles. The van der Waals surface area contributed by atoms with E-state index in [9.17, 15) is 9.59 Å². The van der Waals surface area contributed by atoms with Gasteiger partial charge >= 0.3 is 0 Å². The smallest absolute Gasteiger partial charge is 0.255 e. The lowest BCUT2D eigenvalue weighted by molar-refractivity contribution is 0.0962. The highest BCUT2D eigenvalue weighted by Gasteiger charge is 2.11. The molecule has 0 fully saturated rings. The van der Waals surface area contributed by atoms with Crippen LogP contribution in [0.1, 0.15) is 20.7 Å². The van der Waals surface area contributed by atoms with Crippen LogP contribution in [0.4, 0.5) is 5.69 Å². The van der Waals surface area contributed by atoms with Crippen molar-refractivity contribution in [1.82, 2.24) is 15.3 Å². The standard InChI is InChI=1S/C22H16Cl2N4O2/c1-25-21(29)13-4-2-12(3-5-13)20-27-18-9-7-15(11-19(18)28-20)26-22(30)14-6-8-16(23)17(24)10-14/h2-11H,1H3,(H,25,29)(H,26,30)(H,27,28). The van der Waals surface area contributed by atoms with Crippen LogP contribution in [-0.4, -0.2) is 28.8 Å². The SMILES string of the molecule is CNC(=O)c1ccc(-c2nc3cc(NC(=O)c4ccc(Cl)c(Cl)c4)ccc3[nH]2)cc1. The molecule has 4 rings (SSSR count). The molecule has 0 saturated carbocycles. The third-order valence-corrected chi connectivity index (χ3v) is 5.31. The second-order valence-corrected chi connectivity index (χ2v) is 7.37. The summed E-state index contributed by atoms with van der Waals surface area (Å²) in [5.41, 5.74) is 3.96. The average molecular weight is 439 g/mol. The molecule has 6 nitrogen and oxygen atoms in total. The monoisotopic (exact) mass is 438 g/mol. The lowest BCUT2D eigenvalue weighted by atomic mass is 10.1. The maximum Gasteiger partial charge on any atom is 0.255 e. The van der Waals surface area contributed by atoms with Crippen molar-refractivity contribution in [2.75, 3.05) is 12.4 Å². The van der Waals surface area contributed by atoms with Crippen LogP contribution in [0.3, 0.4) is 0 Å². The number of nitrogens with zero attached hydrogens (tertiary/aromatic N) is 1. The van der Waals surface area contributed by atoms with E-state index >= 15 is 0 Å². The van der Waals surface area contributed by atoms with Gasteiger partial charge in [0.1, 0.15) is 5.82 Å². The molecule has 1 aromatic heterocycles. The van der Waals surface area contributed by atoms with Crippen LogP contribution in [0, 0.1) is 0 Å². The van der Waals surface area contributed by atoms with Crippen molar-refractivity contribution in [2.45, 2.75) is 0 Å². The van der Waals surface area contributed by atoms with E-state index in [0.29, 0.717) is 38.2 Å². The zero-order valence-corrected chi connectivity index (χ0v) is 17.3. The number of aromatic nitrogens is 2. The second-order valence-electron chi connectivity index (χ2n) is 6.56. The quantitative estimate of drug-likeness (QED) is 0.411. The van der Waals surface area contributed by atoms with E-state index in [1.807, 2.05) is 18.2 Å². The maximum atomic E-state index is 12.5. The zero-order chi connectivity index (χ0) is 21.3. The number of amides is 2. The molecule has 0 saturated heterocycles. The maximum absolute atomic E-state index is 12.5. The number of anilines is 1. The van der Waals surface area contributed by atoms with Crippen LogP contribution in [0.5, 0.6) is 0 Å². The lowest BCUT2D eigenvalue weighted by Gasteiger charge is -2.06. The Labute approximate surface area is 182 Å². The summed E-state index contributed by atoms with van der Waals surface area (Å²) in [6.45, 7) is 0. The van der Waals surface area contributed by atoms with Gasteiger partial charge in [0.15, 0.2) is 0 Å². The number of rotatable bonds is 4. The summed E-state index contributed by atoms with van der Waals surface area (Å²) in [6.07, 6.45) is 0. The molecule has 8 heteroatoms. The van der Waals surface area contributed by atoms with E-state index in [-0.39, 0.29) is 11.8 Å². The number of benzene rings is 3. The number of hydrogen-bond donors (Lipinski definition) is 3. The third-order valence-electron chi connectivity index (χ3n) is 4.57. The van der Waals surface area contributed by atoms with Gasteiger partial charge in [0, 0.05) is 29.4 Å². The van der Waals surface area contributed by atoms with Gasteiger partial charge in [-0.1, -0.05) is 35.3 Å². The molecule has 0 atom stereocenters. The lowest BCUT2D eigenvalue weighted by Crippen LogP contribution is -2.17. The number of aromatic amines is 1. The highest BCUT2D eigenvalue weighted by Crippen LogP contribution is 2.25. The molecule has 0 aliphatic heterocycles. The molecule has 0 radical (unpaired) electrons. The van der Waals surface area contributed by atoms with Crippen LogP contribution in [0.15, 0.2) is 60.7 Å². The van der Waals surface area contributed by atoms with Crippen molar-refractivity contribution in [3.63, 3.8) is 0 Å². The van der Waals surface area contributed by atoms with Crippen LogP contribution >= 0.6 is 23.2 Å². The van der Waals surface area contributed by atoms with Crippen molar-refractivity contribution >= 4 is 51.7 Å². The van der Waals surface area contributed by atoms with Crippen molar-refractivity contribution < 1.29 is 9.59 Å². The highest BCUT2D eigenvalue weighted by atomic mass is 35.5. The fourth-order valence-corrected chi connectivity index (χ4v) is 3.28. The first-order chi connectivity index (χ1) is 14.4. The summed E-state index contributed by atoms with van der Waals surface area (Å²) >= 11 is 11.9. The Morgan fingerprint density at radius 2 is 1.60 bits per heavy atom. The summed E-state index contributed by atoms with van der Waals surface area (Å²) in [7, 11) is 1.59. The molecular weight excluding hydrogens is 423 g/mol. The average Bonchev–Trinajstić information content (AvgIpc) is 3.18. The van der Waals surface area contributed by atoms with E-state index in [0.717, 1.165) is 11.1 Å². The Balaban J connectivity index is 1.57. The number of carbonyl (C=O) groups excluding carboxylic acids is 2. The number of nitrogens with one attached hydrogen (secondary N) is 3. The minimum Gasteiger partial charge on any atom is -0.355 e. The van der Waals surface area contributed by atoms with Crippen LogP contribution in [-0.2, 0) is 0 Å². The molecule has 30 heavy (non-hydrogen) atoms. The normalized spacial score (nSPS) is 10.8. The molecule has 1 heterocycles. The first-order valence-electron chi connectivity index (χ1n) is 9.03. The minimum absolute atomic E-state index is 0.145. The van der Waals surface area contributed by atoms with Crippen molar-refractivity contribution in [3.05, 3.63) is 81.8 Å². The number of imidazole rings is 1. The van der Waals surface area contributed by atoms with Gasteiger partial charge in [0.05, 0.1) is 21.1 Å². The molecule has 3 N–H and O–H groups in total. The molecule has 2 amide bonds. The molecule has 0 spiro atoms. The Kier molecular flexibility index (Phi) is 5.44. The van der Waals surface area contributed by atoms with Gasteiger partial charge in [-0.05, 0) is 48.5 Å². The first-order valence-corrected chi connectivity index (χ1v) is 9.79. The molecular formula is C22H16Cl2N4O2. The predicted molar refractivity (Wildman–Crippen MR) is 119 cm³/mol. The first kappa shape index (κ1) is 19.9. The topological polar surface area (TPSA) is 86.9 Å². The molecule has 150 valence electrons. The van der Waals surface area contributed by atoms with Gasteiger partial charge in [-0.15, -0.1) is 0 Å². The Bertz CT molecular complexity index is 1270. The number of H-pyrrole nitrogens is 1. The molecule has 0 unspecified atom stereocenters. The van der Waals surface area contributed by atoms with Gasteiger partial charge in [0.25, 0.3) is 11.8 Å². The van der Waals surface area contributed by atoms with E-state index < -0.39 is 0 Å². The summed E-state index contributed by atoms with van der Waals surface area (Å²) in [6, 6.07) is 17.3. The molecule has 3 aromatic carbocycles. The molecule has 0 aliphatic rings. The van der Waals surface area contributed by atoms with E-state index in [2.05, 4.69) is 20.6 Å². The highest BCUT2D eigenvalue weighted by molar-refractivity contribution is 6.42. The summed E-state index contributed by atoms with van der Waals surface area (Å²) in [5, 5.41) is 6.13. The summed E-state index contributed by atoms with van der Waals surface area (Å²) in [5.74, 6) is 0.225. The Hall–Kier alpha value is -3.35. The van der Waals surface area contributed by atoms with Crippen molar-refractivity contribution in [2.24, 2.45) is 0 Å². The van der Waals surface area contributed by atoms with Gasteiger partial charge < -0.3 is 15.6 Å². The summed E-state index contributed by atoms with van der Waals surface area (Å²) in [4.78, 5) is 32.0. The van der Waals surface area contributed by atoms with Crippen LogP contribution in [0.25, 0.3) is 22.4 Å². The fraction of sp³-hybridized carbons (Fsp3) is 0.0455. The number of fused-ring (bicyclic) bond motifs is 1. The summed E-state index contributed by atoms with van der Waals surface area (Å²) < 4.78 is 0.